The monoisotopic (exact) mass is 244 g/mol. The van der Waals surface area contributed by atoms with Crippen molar-refractivity contribution in [3.05, 3.63) is 35.9 Å². The summed E-state index contributed by atoms with van der Waals surface area (Å²) in [6.45, 7) is 1.76. The minimum Gasteiger partial charge on any atom is -0.354 e. The number of carbonyl (C=O) groups is 1. The first-order valence-electron chi connectivity index (χ1n) is 6.87. The molecule has 18 heavy (non-hydrogen) atoms. The second kappa shape index (κ2) is 4.73. The molecule has 1 aromatic carbocycles. The van der Waals surface area contributed by atoms with Gasteiger partial charge in [-0.05, 0) is 37.8 Å². The van der Waals surface area contributed by atoms with Crippen molar-refractivity contribution in [1.29, 1.82) is 0 Å². The minimum absolute atomic E-state index is 0.0385. The Kier molecular flexibility index (Phi) is 3.08. The van der Waals surface area contributed by atoms with E-state index in [1.807, 2.05) is 6.07 Å². The van der Waals surface area contributed by atoms with Crippen molar-refractivity contribution in [3.63, 3.8) is 0 Å². The van der Waals surface area contributed by atoms with E-state index in [0.29, 0.717) is 0 Å². The molecule has 1 amide bonds. The van der Waals surface area contributed by atoms with E-state index in [9.17, 15) is 4.79 Å². The third kappa shape index (κ3) is 2.27. The van der Waals surface area contributed by atoms with Crippen molar-refractivity contribution in [1.82, 2.24) is 10.6 Å². The SMILES string of the molecule is O=C(NCC1(c2ccccc2)CC1)C1CCCN1. The van der Waals surface area contributed by atoms with Gasteiger partial charge >= 0.3 is 0 Å². The summed E-state index contributed by atoms with van der Waals surface area (Å²) in [4.78, 5) is 12.0. The average Bonchev–Trinajstić information content (AvgIpc) is 3.01. The normalized spacial score (nSPS) is 24.8. The summed E-state index contributed by atoms with van der Waals surface area (Å²) in [5, 5.41) is 6.37. The predicted molar refractivity (Wildman–Crippen MR) is 71.4 cm³/mol. The van der Waals surface area contributed by atoms with Crippen LogP contribution < -0.4 is 10.6 Å². The van der Waals surface area contributed by atoms with E-state index in [0.717, 1.165) is 25.9 Å². The van der Waals surface area contributed by atoms with Crippen LogP contribution in [0.25, 0.3) is 0 Å². The molecule has 3 rings (SSSR count). The predicted octanol–water partition coefficient (Wildman–Crippen LogP) is 1.59. The maximum absolute atomic E-state index is 12.0. The van der Waals surface area contributed by atoms with E-state index in [4.69, 9.17) is 0 Å². The quantitative estimate of drug-likeness (QED) is 0.844. The van der Waals surface area contributed by atoms with Crippen molar-refractivity contribution in [3.8, 4) is 0 Å². The Hall–Kier alpha value is -1.35. The highest BCUT2D eigenvalue weighted by molar-refractivity contribution is 5.82. The number of hydrogen-bond acceptors (Lipinski definition) is 2. The highest BCUT2D eigenvalue weighted by Crippen LogP contribution is 2.47. The van der Waals surface area contributed by atoms with Crippen molar-refractivity contribution in [2.24, 2.45) is 0 Å². The topological polar surface area (TPSA) is 41.1 Å². The molecule has 0 spiro atoms. The summed E-state index contributed by atoms with van der Waals surface area (Å²) in [5.74, 6) is 0.176. The minimum atomic E-state index is 0.0385. The molecule has 1 atom stereocenters. The molecule has 1 unspecified atom stereocenters. The Bertz CT molecular complexity index is 419. The largest absolute Gasteiger partial charge is 0.354 e. The standard InChI is InChI=1S/C15H20N2O/c18-14(13-7-4-10-16-13)17-11-15(8-9-15)12-5-2-1-3-6-12/h1-3,5-6,13,16H,4,7-11H2,(H,17,18). The number of rotatable bonds is 4. The van der Waals surface area contributed by atoms with Gasteiger partial charge < -0.3 is 10.6 Å². The number of hydrogen-bond donors (Lipinski definition) is 2. The van der Waals surface area contributed by atoms with E-state index in [1.54, 1.807) is 0 Å². The van der Waals surface area contributed by atoms with Gasteiger partial charge in [0.1, 0.15) is 0 Å². The molecule has 1 aliphatic carbocycles. The lowest BCUT2D eigenvalue weighted by atomic mass is 9.96. The van der Waals surface area contributed by atoms with E-state index < -0.39 is 0 Å². The maximum atomic E-state index is 12.0. The number of amides is 1. The molecular formula is C15H20N2O. The third-order valence-corrected chi connectivity index (χ3v) is 4.22. The van der Waals surface area contributed by atoms with Crippen LogP contribution in [0.5, 0.6) is 0 Å². The summed E-state index contributed by atoms with van der Waals surface area (Å²) in [7, 11) is 0. The molecule has 2 fully saturated rings. The molecule has 2 aliphatic rings. The van der Waals surface area contributed by atoms with Crippen LogP contribution in [-0.4, -0.2) is 25.0 Å². The molecule has 3 nitrogen and oxygen atoms in total. The van der Waals surface area contributed by atoms with Crippen LogP contribution in [-0.2, 0) is 10.2 Å². The van der Waals surface area contributed by atoms with Gasteiger partial charge in [-0.3, -0.25) is 4.79 Å². The van der Waals surface area contributed by atoms with E-state index >= 15 is 0 Å². The van der Waals surface area contributed by atoms with Crippen LogP contribution in [0, 0.1) is 0 Å². The van der Waals surface area contributed by atoms with Gasteiger partial charge in [-0.2, -0.15) is 0 Å². The van der Waals surface area contributed by atoms with Gasteiger partial charge in [0.05, 0.1) is 6.04 Å². The summed E-state index contributed by atoms with van der Waals surface area (Å²) >= 11 is 0. The highest BCUT2D eigenvalue weighted by atomic mass is 16.2. The Morgan fingerprint density at radius 2 is 2.11 bits per heavy atom. The molecule has 0 radical (unpaired) electrons. The summed E-state index contributed by atoms with van der Waals surface area (Å²) in [5.41, 5.74) is 1.58. The fourth-order valence-electron chi connectivity index (χ4n) is 2.80. The molecule has 1 aliphatic heterocycles. The van der Waals surface area contributed by atoms with Crippen molar-refractivity contribution in [2.75, 3.05) is 13.1 Å². The van der Waals surface area contributed by atoms with Gasteiger partial charge in [-0.15, -0.1) is 0 Å². The van der Waals surface area contributed by atoms with Gasteiger partial charge in [0.15, 0.2) is 0 Å². The summed E-state index contributed by atoms with van der Waals surface area (Å²) < 4.78 is 0. The molecule has 1 saturated heterocycles. The zero-order chi connectivity index (χ0) is 12.4. The Balaban J connectivity index is 1.58. The molecule has 1 heterocycles. The van der Waals surface area contributed by atoms with Gasteiger partial charge in [0, 0.05) is 12.0 Å². The first kappa shape index (κ1) is 11.7. The smallest absolute Gasteiger partial charge is 0.237 e. The molecular weight excluding hydrogens is 224 g/mol. The Morgan fingerprint density at radius 3 is 2.72 bits per heavy atom. The second-order valence-corrected chi connectivity index (χ2v) is 5.51. The fraction of sp³-hybridized carbons (Fsp3) is 0.533. The number of benzene rings is 1. The summed E-state index contributed by atoms with van der Waals surface area (Å²) in [6, 6.07) is 10.6. The van der Waals surface area contributed by atoms with Crippen LogP contribution in [0.1, 0.15) is 31.2 Å². The lowest BCUT2D eigenvalue weighted by Crippen LogP contribution is -2.43. The number of nitrogens with one attached hydrogen (secondary N) is 2. The molecule has 3 heteroatoms. The van der Waals surface area contributed by atoms with Crippen molar-refractivity contribution < 1.29 is 4.79 Å². The van der Waals surface area contributed by atoms with Crippen LogP contribution in [0.2, 0.25) is 0 Å². The van der Waals surface area contributed by atoms with Crippen LogP contribution in [0.4, 0.5) is 0 Å². The molecule has 1 saturated carbocycles. The summed E-state index contributed by atoms with van der Waals surface area (Å²) in [6.07, 6.45) is 4.47. The molecule has 0 aromatic heterocycles. The first-order chi connectivity index (χ1) is 8.80. The average molecular weight is 244 g/mol. The van der Waals surface area contributed by atoms with Crippen LogP contribution in [0.3, 0.4) is 0 Å². The van der Waals surface area contributed by atoms with Gasteiger partial charge in [-0.25, -0.2) is 0 Å². The lowest BCUT2D eigenvalue weighted by Gasteiger charge is -2.18. The fourth-order valence-corrected chi connectivity index (χ4v) is 2.80. The van der Waals surface area contributed by atoms with E-state index in [-0.39, 0.29) is 17.4 Å². The van der Waals surface area contributed by atoms with Gasteiger partial charge in [0.2, 0.25) is 5.91 Å². The van der Waals surface area contributed by atoms with Gasteiger partial charge in [0.25, 0.3) is 0 Å². The second-order valence-electron chi connectivity index (χ2n) is 5.51. The zero-order valence-electron chi connectivity index (χ0n) is 10.6. The van der Waals surface area contributed by atoms with Crippen molar-refractivity contribution in [2.45, 2.75) is 37.1 Å². The molecule has 0 bridgehead atoms. The maximum Gasteiger partial charge on any atom is 0.237 e. The highest BCUT2D eigenvalue weighted by Gasteiger charge is 2.44. The van der Waals surface area contributed by atoms with Crippen molar-refractivity contribution >= 4 is 5.91 Å². The first-order valence-corrected chi connectivity index (χ1v) is 6.87. The molecule has 96 valence electrons. The van der Waals surface area contributed by atoms with Crippen LogP contribution in [0.15, 0.2) is 30.3 Å². The Labute approximate surface area is 108 Å². The number of carbonyl (C=O) groups excluding carboxylic acids is 1. The molecule has 1 aromatic rings. The van der Waals surface area contributed by atoms with Gasteiger partial charge in [-0.1, -0.05) is 30.3 Å². The zero-order valence-corrected chi connectivity index (χ0v) is 10.6. The van der Waals surface area contributed by atoms with Crippen LogP contribution >= 0.6 is 0 Å². The molecule has 2 N–H and O–H groups in total. The van der Waals surface area contributed by atoms with E-state index in [1.165, 1.54) is 18.4 Å². The van der Waals surface area contributed by atoms with E-state index in [2.05, 4.69) is 34.9 Å². The lowest BCUT2D eigenvalue weighted by molar-refractivity contribution is -0.122. The third-order valence-electron chi connectivity index (χ3n) is 4.22. The Morgan fingerprint density at radius 1 is 1.33 bits per heavy atom.